The van der Waals surface area contributed by atoms with E-state index in [0.717, 1.165) is 5.56 Å². The Hall–Kier alpha value is -3.71. The van der Waals surface area contributed by atoms with E-state index >= 15 is 0 Å². The van der Waals surface area contributed by atoms with Crippen molar-refractivity contribution < 1.29 is 44.2 Å². The van der Waals surface area contributed by atoms with Gasteiger partial charge in [0.25, 0.3) is 0 Å². The number of hydrogen-bond acceptors (Lipinski definition) is 9. The average Bonchev–Trinajstić information content (AvgIpc) is 3.18. The van der Waals surface area contributed by atoms with Gasteiger partial charge in [-0.05, 0) is 36.2 Å². The lowest BCUT2D eigenvalue weighted by Gasteiger charge is -2.38. The molecule has 1 aromatic heterocycles. The molecule has 0 saturated carbocycles. The second-order valence-electron chi connectivity index (χ2n) is 9.03. The fourth-order valence-electron chi connectivity index (χ4n) is 4.03. The van der Waals surface area contributed by atoms with Gasteiger partial charge in [-0.15, -0.1) is 0 Å². The fourth-order valence-corrected chi connectivity index (χ4v) is 4.03. The first-order valence-corrected chi connectivity index (χ1v) is 11.6. The number of amides is 1. The van der Waals surface area contributed by atoms with Crippen LogP contribution in [0.3, 0.4) is 0 Å². The number of rotatable bonds is 9. The molecule has 0 spiro atoms. The number of aromatic nitrogens is 2. The second-order valence-corrected chi connectivity index (χ2v) is 9.03. The maximum atomic E-state index is 11.3. The van der Waals surface area contributed by atoms with E-state index in [4.69, 9.17) is 19.9 Å². The number of nitrogens with two attached hydrogens (primary N) is 1. The first-order chi connectivity index (χ1) is 17.5. The van der Waals surface area contributed by atoms with Gasteiger partial charge in [-0.3, -0.25) is 4.79 Å². The normalized spacial score (nSPS) is 24.5. The van der Waals surface area contributed by atoms with Crippen molar-refractivity contribution >= 4 is 22.9 Å². The van der Waals surface area contributed by atoms with Crippen molar-refractivity contribution in [3.05, 3.63) is 53.9 Å². The standard InChI is InChI=1S/C25H29N3O9/c1-12(23(26)32)9-13-3-5-14(6-4-13)35-11-18-27-16-8-7-15(10-17(16)28(18)2)36-25-21(31)19(29)20(30)22(37-25)24(33)34/h3-8,10,12,19-22,25,29-31H,9,11H2,1-2H3,(H2,26,32)(H,33,34)/t12?,19-,20+,21?,22?,25+/m0/s1. The van der Waals surface area contributed by atoms with Crippen LogP contribution in [0.4, 0.5) is 0 Å². The van der Waals surface area contributed by atoms with Gasteiger partial charge < -0.3 is 44.9 Å². The molecule has 1 amide bonds. The van der Waals surface area contributed by atoms with Crippen LogP contribution in [0, 0.1) is 5.92 Å². The number of carbonyl (C=O) groups excluding carboxylic acids is 1. The van der Waals surface area contributed by atoms with Crippen molar-refractivity contribution in [1.29, 1.82) is 0 Å². The molecular formula is C25H29N3O9. The first kappa shape index (κ1) is 26.4. The van der Waals surface area contributed by atoms with Gasteiger partial charge >= 0.3 is 5.97 Å². The molecule has 3 unspecified atom stereocenters. The molecule has 0 bridgehead atoms. The number of fused-ring (bicyclic) bond motifs is 1. The van der Waals surface area contributed by atoms with Crippen LogP contribution in [0.5, 0.6) is 11.5 Å². The van der Waals surface area contributed by atoms with Crippen molar-refractivity contribution in [2.24, 2.45) is 18.7 Å². The Bertz CT molecular complexity index is 1280. The number of aliphatic carboxylic acids is 1. The topological polar surface area (TPSA) is 187 Å². The molecule has 4 rings (SSSR count). The monoisotopic (exact) mass is 515 g/mol. The Morgan fingerprint density at radius 2 is 1.76 bits per heavy atom. The van der Waals surface area contributed by atoms with Gasteiger partial charge in [0.15, 0.2) is 6.10 Å². The summed E-state index contributed by atoms with van der Waals surface area (Å²) in [6, 6.07) is 12.2. The second kappa shape index (κ2) is 10.7. The SMILES string of the molecule is CC(Cc1ccc(OCc2nc3ccc(O[C@@H]4OC(C(=O)O)[C@H](O)[C@H](O)C4O)cc3n2C)cc1)C(N)=O. The summed E-state index contributed by atoms with van der Waals surface area (Å²) < 4.78 is 18.4. The molecule has 1 aliphatic rings. The molecule has 12 heteroatoms. The minimum atomic E-state index is -1.80. The van der Waals surface area contributed by atoms with E-state index in [1.807, 2.05) is 24.3 Å². The predicted molar refractivity (Wildman–Crippen MR) is 128 cm³/mol. The van der Waals surface area contributed by atoms with Gasteiger partial charge in [0.1, 0.15) is 42.2 Å². The minimum absolute atomic E-state index is 0.174. The molecule has 6 N–H and O–H groups in total. The predicted octanol–water partition coefficient (Wildman–Crippen LogP) is 0.0872. The smallest absolute Gasteiger partial charge is 0.335 e. The molecule has 1 saturated heterocycles. The van der Waals surface area contributed by atoms with Gasteiger partial charge in [0.2, 0.25) is 12.2 Å². The molecule has 0 radical (unpaired) electrons. The van der Waals surface area contributed by atoms with E-state index in [9.17, 15) is 30.0 Å². The summed E-state index contributed by atoms with van der Waals surface area (Å²) >= 11 is 0. The number of ether oxygens (including phenoxy) is 3. The van der Waals surface area contributed by atoms with Crippen LogP contribution in [0.1, 0.15) is 18.3 Å². The summed E-state index contributed by atoms with van der Waals surface area (Å²) in [6.07, 6.45) is -7.95. The quantitative estimate of drug-likeness (QED) is 0.261. The van der Waals surface area contributed by atoms with Crippen LogP contribution < -0.4 is 15.2 Å². The highest BCUT2D eigenvalue weighted by atomic mass is 16.7. The maximum Gasteiger partial charge on any atom is 0.335 e. The Balaban J connectivity index is 1.44. The number of nitrogens with zero attached hydrogens (tertiary/aromatic N) is 2. The minimum Gasteiger partial charge on any atom is -0.486 e. The van der Waals surface area contributed by atoms with E-state index in [1.165, 1.54) is 0 Å². The summed E-state index contributed by atoms with van der Waals surface area (Å²) in [4.78, 5) is 27.1. The van der Waals surface area contributed by atoms with Crippen molar-refractivity contribution in [2.45, 2.75) is 50.7 Å². The van der Waals surface area contributed by atoms with Crippen LogP contribution >= 0.6 is 0 Å². The van der Waals surface area contributed by atoms with Crippen LogP contribution in [0.15, 0.2) is 42.5 Å². The van der Waals surface area contributed by atoms with Gasteiger partial charge in [0.05, 0.1) is 11.0 Å². The van der Waals surface area contributed by atoms with Crippen molar-refractivity contribution in [3.63, 3.8) is 0 Å². The molecule has 1 fully saturated rings. The van der Waals surface area contributed by atoms with Gasteiger partial charge in [-0.1, -0.05) is 19.1 Å². The summed E-state index contributed by atoms with van der Waals surface area (Å²) in [6.45, 7) is 1.95. The summed E-state index contributed by atoms with van der Waals surface area (Å²) in [5.74, 6) is -0.613. The number of aryl methyl sites for hydroxylation is 1. The van der Waals surface area contributed by atoms with Crippen molar-refractivity contribution in [3.8, 4) is 11.5 Å². The number of benzene rings is 2. The third-order valence-electron chi connectivity index (χ3n) is 6.33. The molecule has 3 aromatic rings. The van der Waals surface area contributed by atoms with Gasteiger partial charge in [0, 0.05) is 19.0 Å². The zero-order valence-electron chi connectivity index (χ0n) is 20.2. The number of imidazole rings is 1. The largest absolute Gasteiger partial charge is 0.486 e. The van der Waals surface area contributed by atoms with Gasteiger partial charge in [-0.2, -0.15) is 0 Å². The fraction of sp³-hybridized carbons (Fsp3) is 0.400. The third-order valence-corrected chi connectivity index (χ3v) is 6.33. The highest BCUT2D eigenvalue weighted by molar-refractivity contribution is 5.78. The maximum absolute atomic E-state index is 11.3. The number of carbonyl (C=O) groups is 2. The Morgan fingerprint density at radius 1 is 1.08 bits per heavy atom. The number of carboxylic acids is 1. The van der Waals surface area contributed by atoms with E-state index < -0.39 is 36.7 Å². The number of carboxylic acid groups (broad SMARTS) is 1. The molecule has 12 nitrogen and oxygen atoms in total. The van der Waals surface area contributed by atoms with Crippen LogP contribution in [0.25, 0.3) is 11.0 Å². The summed E-state index contributed by atoms with van der Waals surface area (Å²) in [7, 11) is 1.79. The summed E-state index contributed by atoms with van der Waals surface area (Å²) in [5.41, 5.74) is 7.61. The zero-order valence-corrected chi connectivity index (χ0v) is 20.2. The van der Waals surface area contributed by atoms with E-state index in [2.05, 4.69) is 4.98 Å². The Labute approximate surface area is 211 Å². The molecule has 2 aromatic carbocycles. The number of aliphatic hydroxyl groups is 3. The molecule has 37 heavy (non-hydrogen) atoms. The van der Waals surface area contributed by atoms with Gasteiger partial charge in [-0.25, -0.2) is 9.78 Å². The van der Waals surface area contributed by atoms with Crippen LogP contribution in [-0.2, 0) is 34.4 Å². The molecule has 1 aliphatic heterocycles. The number of aliphatic hydroxyl groups excluding tert-OH is 3. The van der Waals surface area contributed by atoms with Crippen molar-refractivity contribution in [1.82, 2.24) is 9.55 Å². The van der Waals surface area contributed by atoms with Crippen LogP contribution in [0.2, 0.25) is 0 Å². The molecule has 2 heterocycles. The third kappa shape index (κ3) is 5.67. The lowest BCUT2D eigenvalue weighted by molar-refractivity contribution is -0.271. The Kier molecular flexibility index (Phi) is 7.64. The molecule has 0 aliphatic carbocycles. The van der Waals surface area contributed by atoms with Crippen LogP contribution in [-0.4, -0.2) is 72.6 Å². The van der Waals surface area contributed by atoms with Crippen molar-refractivity contribution in [2.75, 3.05) is 0 Å². The highest BCUT2D eigenvalue weighted by Gasteiger charge is 2.48. The molecule has 6 atom stereocenters. The van der Waals surface area contributed by atoms with E-state index in [0.29, 0.717) is 29.0 Å². The number of primary amides is 1. The Morgan fingerprint density at radius 3 is 2.41 bits per heavy atom. The molecule has 198 valence electrons. The average molecular weight is 516 g/mol. The highest BCUT2D eigenvalue weighted by Crippen LogP contribution is 2.27. The zero-order chi connectivity index (χ0) is 26.9. The summed E-state index contributed by atoms with van der Waals surface area (Å²) in [5, 5.41) is 39.2. The van der Waals surface area contributed by atoms with E-state index in [-0.39, 0.29) is 24.2 Å². The lowest BCUT2D eigenvalue weighted by atomic mass is 9.99. The van der Waals surface area contributed by atoms with E-state index in [1.54, 1.807) is 36.7 Å². The number of hydrogen-bond donors (Lipinski definition) is 5. The first-order valence-electron chi connectivity index (χ1n) is 11.6. The lowest BCUT2D eigenvalue weighted by Crippen LogP contribution is -2.61. The molecular weight excluding hydrogens is 486 g/mol.